The van der Waals surface area contributed by atoms with Crippen molar-refractivity contribution in [3.8, 4) is 5.82 Å². The first-order valence-corrected chi connectivity index (χ1v) is 10.1. The summed E-state index contributed by atoms with van der Waals surface area (Å²) in [4.78, 5) is 29.5. The highest BCUT2D eigenvalue weighted by Gasteiger charge is 2.23. The topological polar surface area (TPSA) is 114 Å². The fourth-order valence-corrected chi connectivity index (χ4v) is 3.20. The normalized spacial score (nSPS) is 11.1. The van der Waals surface area contributed by atoms with Crippen molar-refractivity contribution in [3.05, 3.63) is 62.8 Å². The molecule has 0 fully saturated rings. The maximum Gasteiger partial charge on any atom is 0.352 e. The number of pyridine rings is 1. The lowest BCUT2D eigenvalue weighted by atomic mass is 10.2. The van der Waals surface area contributed by atoms with Gasteiger partial charge in [-0.3, -0.25) is 9.36 Å². The molecule has 0 radical (unpaired) electrons. The molecule has 0 aliphatic rings. The van der Waals surface area contributed by atoms with Crippen LogP contribution in [0.3, 0.4) is 0 Å². The third kappa shape index (κ3) is 4.48. The first-order chi connectivity index (χ1) is 15.2. The molecule has 0 unspecified atom stereocenters. The summed E-state index contributed by atoms with van der Waals surface area (Å²) in [5.74, 6) is -3.11. The van der Waals surface area contributed by atoms with Crippen LogP contribution in [0.1, 0.15) is 37.0 Å². The van der Waals surface area contributed by atoms with Gasteiger partial charge in [0.1, 0.15) is 18.2 Å². The van der Waals surface area contributed by atoms with E-state index < -0.39 is 35.7 Å². The molecule has 9 nitrogen and oxygen atoms in total. The first-order valence-electron chi connectivity index (χ1n) is 9.70. The van der Waals surface area contributed by atoms with Crippen LogP contribution >= 0.6 is 11.6 Å². The van der Waals surface area contributed by atoms with Gasteiger partial charge in [0, 0.05) is 12.6 Å². The lowest BCUT2D eigenvalue weighted by Gasteiger charge is -2.16. The van der Waals surface area contributed by atoms with Crippen molar-refractivity contribution < 1.29 is 18.7 Å². The van der Waals surface area contributed by atoms with Gasteiger partial charge in [0.15, 0.2) is 17.5 Å². The molecule has 0 aliphatic carbocycles. The maximum atomic E-state index is 15.0. The van der Waals surface area contributed by atoms with Gasteiger partial charge in [0.05, 0.1) is 16.3 Å². The van der Waals surface area contributed by atoms with Gasteiger partial charge in [-0.2, -0.15) is 4.68 Å². The second kappa shape index (κ2) is 9.45. The van der Waals surface area contributed by atoms with Crippen molar-refractivity contribution >= 4 is 29.0 Å². The lowest BCUT2D eigenvalue weighted by molar-refractivity contribution is 0.102. The molecule has 0 spiro atoms. The highest BCUT2D eigenvalue weighted by Crippen LogP contribution is 2.27. The molecule has 1 amide bonds. The molecule has 3 rings (SSSR count). The number of anilines is 2. The Bertz CT molecular complexity index is 1200. The van der Waals surface area contributed by atoms with Crippen LogP contribution in [0.4, 0.5) is 20.3 Å². The van der Waals surface area contributed by atoms with Gasteiger partial charge in [-0.25, -0.2) is 18.6 Å². The third-order valence-electron chi connectivity index (χ3n) is 4.43. The molecular formula is C20H21ClF2N6O3. The highest BCUT2D eigenvalue weighted by molar-refractivity contribution is 6.34. The number of rotatable bonds is 7. The minimum Gasteiger partial charge on any atom is -0.388 e. The number of nitrogens with one attached hydrogen (secondary N) is 2. The lowest BCUT2D eigenvalue weighted by Crippen LogP contribution is -2.27. The predicted molar refractivity (Wildman–Crippen MR) is 115 cm³/mol. The van der Waals surface area contributed by atoms with Crippen molar-refractivity contribution in [2.24, 2.45) is 0 Å². The van der Waals surface area contributed by atoms with Crippen LogP contribution in [0.15, 0.2) is 29.1 Å². The Balaban J connectivity index is 2.11. The smallest absolute Gasteiger partial charge is 0.352 e. The number of aliphatic hydroxyl groups is 1. The number of aromatic nitrogens is 4. The highest BCUT2D eigenvalue weighted by atomic mass is 35.5. The molecule has 2 aromatic heterocycles. The van der Waals surface area contributed by atoms with Crippen molar-refractivity contribution in [1.82, 2.24) is 19.3 Å². The number of carbonyl (C=O) groups excluding carboxylic acids is 1. The number of benzene rings is 1. The van der Waals surface area contributed by atoms with E-state index in [0.717, 1.165) is 16.7 Å². The van der Waals surface area contributed by atoms with E-state index in [1.165, 1.54) is 12.1 Å². The minimum absolute atomic E-state index is 0.0324. The Morgan fingerprint density at radius 2 is 2.00 bits per heavy atom. The summed E-state index contributed by atoms with van der Waals surface area (Å²) < 4.78 is 31.0. The molecule has 2 heterocycles. The number of aliphatic hydroxyl groups excluding tert-OH is 1. The fourth-order valence-electron chi connectivity index (χ4n) is 2.99. The standard InChI is InChI=1S/C20H21ClF2N6O3/c1-4-28-15(9-30)27-29(20(28)32)18-14(23)8-11(17(26-18)24-10(2)3)19(31)25-16-12(21)6-5-7-13(16)22/h5-8,10,30H,4,9H2,1-3H3,(H,24,26)(H,25,31). The first kappa shape index (κ1) is 23.4. The maximum absolute atomic E-state index is 15.0. The number of carbonyl (C=O) groups is 1. The van der Waals surface area contributed by atoms with Crippen LogP contribution in [0.5, 0.6) is 0 Å². The molecule has 3 aromatic rings. The Labute approximate surface area is 186 Å². The summed E-state index contributed by atoms with van der Waals surface area (Å²) in [6.45, 7) is 4.88. The molecule has 12 heteroatoms. The van der Waals surface area contributed by atoms with Crippen molar-refractivity contribution in [1.29, 1.82) is 0 Å². The van der Waals surface area contributed by atoms with Gasteiger partial charge in [-0.1, -0.05) is 17.7 Å². The van der Waals surface area contributed by atoms with Gasteiger partial charge in [-0.15, -0.1) is 5.10 Å². The average Bonchev–Trinajstić information content (AvgIpc) is 3.06. The SMILES string of the molecule is CCn1c(CO)nn(-c2nc(NC(C)C)c(C(=O)Nc3c(F)cccc3Cl)cc2F)c1=O. The number of hydrogen-bond donors (Lipinski definition) is 3. The van der Waals surface area contributed by atoms with Gasteiger partial charge in [-0.05, 0) is 39.0 Å². The summed E-state index contributed by atoms with van der Waals surface area (Å²) in [5.41, 5.74) is -1.19. The van der Waals surface area contributed by atoms with E-state index in [-0.39, 0.29) is 40.5 Å². The zero-order chi connectivity index (χ0) is 23.6. The van der Waals surface area contributed by atoms with Crippen LogP contribution in [0.2, 0.25) is 5.02 Å². The van der Waals surface area contributed by atoms with E-state index in [2.05, 4.69) is 20.7 Å². The van der Waals surface area contributed by atoms with Crippen LogP contribution in [-0.2, 0) is 13.2 Å². The number of amides is 1. The third-order valence-corrected chi connectivity index (χ3v) is 4.74. The number of nitrogens with zero attached hydrogens (tertiary/aromatic N) is 4. The molecule has 0 bridgehead atoms. The summed E-state index contributed by atoms with van der Waals surface area (Å²) in [5, 5.41) is 18.6. The quantitative estimate of drug-likeness (QED) is 0.493. The van der Waals surface area contributed by atoms with E-state index in [4.69, 9.17) is 11.6 Å². The van der Waals surface area contributed by atoms with E-state index in [1.54, 1.807) is 20.8 Å². The van der Waals surface area contributed by atoms with E-state index in [0.29, 0.717) is 4.68 Å². The molecule has 0 saturated heterocycles. The Hall–Kier alpha value is -3.31. The van der Waals surface area contributed by atoms with Gasteiger partial charge >= 0.3 is 5.69 Å². The van der Waals surface area contributed by atoms with Crippen molar-refractivity contribution in [2.45, 2.75) is 40.0 Å². The van der Waals surface area contributed by atoms with E-state index in [1.807, 2.05) is 0 Å². The Kier molecular flexibility index (Phi) is 6.90. The summed E-state index contributed by atoms with van der Waals surface area (Å²) in [6.07, 6.45) is 0. The summed E-state index contributed by atoms with van der Waals surface area (Å²) in [7, 11) is 0. The number of halogens is 3. The summed E-state index contributed by atoms with van der Waals surface area (Å²) in [6, 6.07) is 4.54. The Morgan fingerprint density at radius 1 is 1.28 bits per heavy atom. The summed E-state index contributed by atoms with van der Waals surface area (Å²) >= 11 is 5.95. The largest absolute Gasteiger partial charge is 0.388 e. The molecule has 1 aromatic carbocycles. The van der Waals surface area contributed by atoms with Crippen molar-refractivity contribution in [2.75, 3.05) is 10.6 Å². The molecule has 32 heavy (non-hydrogen) atoms. The second-order valence-electron chi connectivity index (χ2n) is 7.05. The Morgan fingerprint density at radius 3 is 2.56 bits per heavy atom. The molecule has 170 valence electrons. The van der Waals surface area contributed by atoms with Gasteiger partial charge < -0.3 is 15.7 Å². The second-order valence-corrected chi connectivity index (χ2v) is 7.46. The van der Waals surface area contributed by atoms with Crippen LogP contribution in [0, 0.1) is 11.6 Å². The zero-order valence-electron chi connectivity index (χ0n) is 17.5. The minimum atomic E-state index is -1.02. The predicted octanol–water partition coefficient (Wildman–Crippen LogP) is 2.95. The van der Waals surface area contributed by atoms with Gasteiger partial charge in [0.25, 0.3) is 5.91 Å². The number of para-hydroxylation sites is 1. The molecular weight excluding hydrogens is 446 g/mol. The molecule has 3 N–H and O–H groups in total. The zero-order valence-corrected chi connectivity index (χ0v) is 18.2. The van der Waals surface area contributed by atoms with E-state index in [9.17, 15) is 23.5 Å². The molecule has 0 saturated carbocycles. The molecule has 0 atom stereocenters. The van der Waals surface area contributed by atoms with Crippen LogP contribution in [-0.4, -0.2) is 36.4 Å². The number of hydrogen-bond acceptors (Lipinski definition) is 6. The fraction of sp³-hybridized carbons (Fsp3) is 0.300. The monoisotopic (exact) mass is 466 g/mol. The van der Waals surface area contributed by atoms with Crippen LogP contribution in [0.25, 0.3) is 5.82 Å². The average molecular weight is 467 g/mol. The van der Waals surface area contributed by atoms with Crippen LogP contribution < -0.4 is 16.3 Å². The van der Waals surface area contributed by atoms with E-state index >= 15 is 0 Å². The van der Waals surface area contributed by atoms with Gasteiger partial charge in [0.2, 0.25) is 0 Å². The van der Waals surface area contributed by atoms with Crippen molar-refractivity contribution in [3.63, 3.8) is 0 Å². The molecule has 0 aliphatic heterocycles.